The number of fused-ring (bicyclic) bond motifs is 1. The highest BCUT2D eigenvalue weighted by molar-refractivity contribution is 7.07. The van der Waals surface area contributed by atoms with Gasteiger partial charge >= 0.3 is 5.97 Å². The average molecular weight is 530 g/mol. The SMILES string of the molecule is CC1=C(C(=O)OC(C)C)C(c2ccccc2)n2c(sc(=Cc3ccc(-c4cccc([N+](=O)[O-])c4)o3)c2=O)=N1. The van der Waals surface area contributed by atoms with Gasteiger partial charge in [-0.25, -0.2) is 9.79 Å². The van der Waals surface area contributed by atoms with Gasteiger partial charge in [-0.3, -0.25) is 19.5 Å². The monoisotopic (exact) mass is 529 g/mol. The molecular weight excluding hydrogens is 506 g/mol. The molecule has 0 bridgehead atoms. The minimum absolute atomic E-state index is 0.0446. The fourth-order valence-corrected chi connectivity index (χ4v) is 5.33. The van der Waals surface area contributed by atoms with Crippen LogP contribution in [0.2, 0.25) is 0 Å². The van der Waals surface area contributed by atoms with E-state index in [9.17, 15) is 19.7 Å². The first kappa shape index (κ1) is 25.1. The average Bonchev–Trinajstić information content (AvgIpc) is 3.48. The molecule has 4 aromatic rings. The first-order valence-electron chi connectivity index (χ1n) is 11.9. The number of nitro groups is 1. The van der Waals surface area contributed by atoms with E-state index in [1.165, 1.54) is 28.0 Å². The zero-order chi connectivity index (χ0) is 27.0. The Morgan fingerprint density at radius 3 is 2.63 bits per heavy atom. The van der Waals surface area contributed by atoms with Crippen LogP contribution < -0.4 is 14.9 Å². The second-order valence-electron chi connectivity index (χ2n) is 8.96. The topological polar surface area (TPSA) is 117 Å². The number of hydrogen-bond donors (Lipinski definition) is 0. The number of aromatic nitrogens is 1. The summed E-state index contributed by atoms with van der Waals surface area (Å²) >= 11 is 1.19. The van der Waals surface area contributed by atoms with Gasteiger partial charge in [0.2, 0.25) is 0 Å². The lowest BCUT2D eigenvalue weighted by atomic mass is 9.96. The molecule has 0 saturated carbocycles. The lowest BCUT2D eigenvalue weighted by Gasteiger charge is -2.25. The van der Waals surface area contributed by atoms with Gasteiger partial charge in [0.15, 0.2) is 4.80 Å². The summed E-state index contributed by atoms with van der Waals surface area (Å²) in [6.45, 7) is 5.28. The molecule has 3 heterocycles. The Labute approximate surface area is 220 Å². The highest BCUT2D eigenvalue weighted by Gasteiger charge is 2.33. The minimum atomic E-state index is -0.696. The van der Waals surface area contributed by atoms with E-state index in [2.05, 4.69) is 4.99 Å². The van der Waals surface area contributed by atoms with Crippen LogP contribution in [0, 0.1) is 10.1 Å². The predicted molar refractivity (Wildman–Crippen MR) is 142 cm³/mol. The molecule has 0 fully saturated rings. The number of carbonyl (C=O) groups excluding carboxylic acids is 1. The van der Waals surface area contributed by atoms with Gasteiger partial charge in [-0.2, -0.15) is 0 Å². The van der Waals surface area contributed by atoms with E-state index < -0.39 is 16.9 Å². The van der Waals surface area contributed by atoms with Crippen molar-refractivity contribution >= 4 is 29.1 Å². The highest BCUT2D eigenvalue weighted by atomic mass is 32.1. The molecule has 1 aliphatic rings. The standard InChI is InChI=1S/C28H23N3O6S/c1-16(2)36-27(33)24-17(3)29-28-30(25(24)18-8-5-4-6-9-18)26(32)23(38-28)15-21-12-13-22(37-21)19-10-7-11-20(14-19)31(34)35/h4-16,25H,1-3H3. The Kier molecular flexibility index (Phi) is 6.64. The smallest absolute Gasteiger partial charge is 0.338 e. The van der Waals surface area contributed by atoms with Crippen LogP contribution in [0.4, 0.5) is 5.69 Å². The maximum absolute atomic E-state index is 13.7. The Morgan fingerprint density at radius 1 is 1.16 bits per heavy atom. The first-order chi connectivity index (χ1) is 18.2. The molecular formula is C28H23N3O6S. The summed E-state index contributed by atoms with van der Waals surface area (Å²) in [7, 11) is 0. The van der Waals surface area contributed by atoms with Crippen molar-refractivity contribution in [2.75, 3.05) is 0 Å². The summed E-state index contributed by atoms with van der Waals surface area (Å²) in [6.07, 6.45) is 1.28. The third-order valence-corrected chi connectivity index (χ3v) is 6.92. The molecule has 38 heavy (non-hydrogen) atoms. The molecule has 1 atom stereocenters. The second-order valence-corrected chi connectivity index (χ2v) is 9.97. The van der Waals surface area contributed by atoms with Crippen LogP contribution in [0.15, 0.2) is 92.2 Å². The van der Waals surface area contributed by atoms with Crippen LogP contribution >= 0.6 is 11.3 Å². The van der Waals surface area contributed by atoms with Crippen molar-refractivity contribution in [1.82, 2.24) is 4.57 Å². The van der Waals surface area contributed by atoms with Crippen LogP contribution in [-0.4, -0.2) is 21.6 Å². The molecule has 10 heteroatoms. The van der Waals surface area contributed by atoms with E-state index >= 15 is 0 Å². The van der Waals surface area contributed by atoms with Crippen LogP contribution in [0.3, 0.4) is 0 Å². The maximum atomic E-state index is 13.7. The zero-order valence-corrected chi connectivity index (χ0v) is 21.6. The number of furan rings is 1. The molecule has 5 rings (SSSR count). The maximum Gasteiger partial charge on any atom is 0.338 e. The number of thiazole rings is 1. The van der Waals surface area contributed by atoms with E-state index in [0.717, 1.165) is 5.56 Å². The predicted octanol–water partition coefficient (Wildman–Crippen LogP) is 4.36. The molecule has 2 aromatic carbocycles. The summed E-state index contributed by atoms with van der Waals surface area (Å²) in [6, 6.07) is 18.1. The molecule has 9 nitrogen and oxygen atoms in total. The van der Waals surface area contributed by atoms with Crippen molar-refractivity contribution in [1.29, 1.82) is 0 Å². The molecule has 1 aliphatic heterocycles. The van der Waals surface area contributed by atoms with Crippen LogP contribution in [0.5, 0.6) is 0 Å². The second kappa shape index (κ2) is 10.1. The van der Waals surface area contributed by atoms with Gasteiger partial charge in [-0.1, -0.05) is 53.8 Å². The van der Waals surface area contributed by atoms with Crippen molar-refractivity contribution < 1.29 is 18.9 Å². The summed E-state index contributed by atoms with van der Waals surface area (Å²) in [5, 5.41) is 11.1. The molecule has 0 N–H and O–H groups in total. The number of ether oxygens (including phenoxy) is 1. The Morgan fingerprint density at radius 2 is 1.92 bits per heavy atom. The van der Waals surface area contributed by atoms with Crippen molar-refractivity contribution in [2.24, 2.45) is 4.99 Å². The van der Waals surface area contributed by atoms with E-state index in [1.54, 1.807) is 51.1 Å². The van der Waals surface area contributed by atoms with Crippen LogP contribution in [-0.2, 0) is 9.53 Å². The van der Waals surface area contributed by atoms with Gasteiger partial charge in [0.25, 0.3) is 11.2 Å². The van der Waals surface area contributed by atoms with Gasteiger partial charge in [-0.15, -0.1) is 0 Å². The number of allylic oxidation sites excluding steroid dienone is 1. The van der Waals surface area contributed by atoms with Crippen molar-refractivity contribution in [3.8, 4) is 11.3 Å². The van der Waals surface area contributed by atoms with Gasteiger partial charge in [0.1, 0.15) is 11.5 Å². The molecule has 0 aliphatic carbocycles. The quantitative estimate of drug-likeness (QED) is 0.208. The Hall–Kier alpha value is -4.57. The number of esters is 1. The lowest BCUT2D eigenvalue weighted by Crippen LogP contribution is -2.40. The number of benzene rings is 2. The number of nitro benzene ring substituents is 1. The number of hydrogen-bond acceptors (Lipinski definition) is 8. The van der Waals surface area contributed by atoms with Crippen molar-refractivity contribution in [2.45, 2.75) is 32.9 Å². The van der Waals surface area contributed by atoms with Crippen molar-refractivity contribution in [3.05, 3.63) is 119 Å². The van der Waals surface area contributed by atoms with Gasteiger partial charge in [-0.05, 0) is 38.5 Å². The molecule has 1 unspecified atom stereocenters. The lowest BCUT2D eigenvalue weighted by molar-refractivity contribution is -0.384. The third-order valence-electron chi connectivity index (χ3n) is 5.94. The van der Waals surface area contributed by atoms with Gasteiger partial charge in [0.05, 0.1) is 32.9 Å². The van der Waals surface area contributed by atoms with Gasteiger partial charge in [0, 0.05) is 23.8 Å². The highest BCUT2D eigenvalue weighted by Crippen LogP contribution is 2.31. The third kappa shape index (κ3) is 4.73. The largest absolute Gasteiger partial charge is 0.459 e. The van der Waals surface area contributed by atoms with Gasteiger partial charge < -0.3 is 9.15 Å². The summed E-state index contributed by atoms with van der Waals surface area (Å²) in [5.74, 6) is 0.324. The summed E-state index contributed by atoms with van der Waals surface area (Å²) in [5.41, 5.74) is 1.75. The molecule has 0 amide bonds. The van der Waals surface area contributed by atoms with E-state index in [0.29, 0.717) is 37.7 Å². The molecule has 0 radical (unpaired) electrons. The molecule has 0 saturated heterocycles. The number of nitrogens with zero attached hydrogens (tertiary/aromatic N) is 3. The van der Waals surface area contributed by atoms with E-state index in [-0.39, 0.29) is 17.4 Å². The zero-order valence-electron chi connectivity index (χ0n) is 20.8. The normalized spacial score (nSPS) is 15.4. The molecule has 192 valence electrons. The molecule has 2 aromatic heterocycles. The first-order valence-corrected chi connectivity index (χ1v) is 12.7. The number of non-ortho nitro benzene ring substituents is 1. The fraction of sp³-hybridized carbons (Fsp3) is 0.179. The number of carbonyl (C=O) groups is 1. The number of rotatable bonds is 6. The van der Waals surface area contributed by atoms with Crippen molar-refractivity contribution in [3.63, 3.8) is 0 Å². The van der Waals surface area contributed by atoms with E-state index in [4.69, 9.17) is 9.15 Å². The summed E-state index contributed by atoms with van der Waals surface area (Å²) < 4.78 is 13.3. The molecule has 0 spiro atoms. The fourth-order valence-electron chi connectivity index (χ4n) is 4.30. The summed E-state index contributed by atoms with van der Waals surface area (Å²) in [4.78, 5) is 42.5. The Balaban J connectivity index is 1.60. The minimum Gasteiger partial charge on any atom is -0.459 e. The van der Waals surface area contributed by atoms with E-state index in [1.807, 2.05) is 30.3 Å². The van der Waals surface area contributed by atoms with Crippen LogP contribution in [0.25, 0.3) is 17.4 Å². The Bertz CT molecular complexity index is 1760. The van der Waals surface area contributed by atoms with Crippen LogP contribution in [0.1, 0.15) is 38.1 Å².